The van der Waals surface area contributed by atoms with Gasteiger partial charge in [0.2, 0.25) is 5.88 Å². The van der Waals surface area contributed by atoms with Crippen LogP contribution in [0.25, 0.3) is 0 Å². The van der Waals surface area contributed by atoms with Gasteiger partial charge in [-0.1, -0.05) is 43.7 Å². The fraction of sp³-hybridized carbons (Fsp3) is 0.769. The van der Waals surface area contributed by atoms with Crippen molar-refractivity contribution in [1.82, 2.24) is 25.2 Å². The van der Waals surface area contributed by atoms with Crippen LogP contribution in [0, 0.1) is 23.7 Å². The van der Waals surface area contributed by atoms with Crippen LogP contribution >= 0.6 is 0 Å². The molecule has 0 radical (unpaired) electrons. The summed E-state index contributed by atoms with van der Waals surface area (Å²) in [7, 11) is 0. The number of amides is 1. The first-order valence-electron chi connectivity index (χ1n) is 13.6. The van der Waals surface area contributed by atoms with Crippen LogP contribution in [0.5, 0.6) is 5.88 Å². The van der Waals surface area contributed by atoms with Gasteiger partial charge in [-0.05, 0) is 62.7 Å². The summed E-state index contributed by atoms with van der Waals surface area (Å²) in [6.07, 6.45) is 16.0. The highest BCUT2D eigenvalue weighted by molar-refractivity contribution is 5.96. The minimum atomic E-state index is -0.574. The molecule has 3 aliphatic carbocycles. The van der Waals surface area contributed by atoms with Gasteiger partial charge in [0, 0.05) is 12.5 Å². The van der Waals surface area contributed by atoms with Crippen LogP contribution in [-0.2, 0) is 13.0 Å². The molecule has 3 fully saturated rings. The van der Waals surface area contributed by atoms with Gasteiger partial charge in [-0.25, -0.2) is 9.48 Å². The Morgan fingerprint density at radius 1 is 1.17 bits per heavy atom. The lowest BCUT2D eigenvalue weighted by atomic mass is 9.66. The summed E-state index contributed by atoms with van der Waals surface area (Å²) in [5.74, 6) is 2.96. The highest BCUT2D eigenvalue weighted by Crippen LogP contribution is 2.43. The van der Waals surface area contributed by atoms with E-state index in [1.54, 1.807) is 10.9 Å². The van der Waals surface area contributed by atoms with Crippen LogP contribution in [0.3, 0.4) is 0 Å². The zero-order valence-electron chi connectivity index (χ0n) is 20.8. The van der Waals surface area contributed by atoms with E-state index in [1.165, 1.54) is 57.8 Å². The van der Waals surface area contributed by atoms with E-state index in [4.69, 9.17) is 4.74 Å². The number of ether oxygens (including phenoxy) is 1. The number of carbonyl (C=O) groups excluding carboxylic acids is 1. The summed E-state index contributed by atoms with van der Waals surface area (Å²) in [6, 6.07) is 0.126. The lowest BCUT2D eigenvalue weighted by Crippen LogP contribution is -2.42. The molecule has 1 amide bonds. The molecule has 3 aliphatic rings. The van der Waals surface area contributed by atoms with Crippen molar-refractivity contribution in [3.05, 3.63) is 28.1 Å². The Balaban J connectivity index is 1.27. The van der Waals surface area contributed by atoms with Crippen molar-refractivity contribution in [3.63, 3.8) is 0 Å². The molecule has 3 saturated carbocycles. The van der Waals surface area contributed by atoms with Crippen LogP contribution in [-0.4, -0.2) is 38.5 Å². The largest absolute Gasteiger partial charge is 0.477 e. The molecule has 2 aromatic rings. The highest BCUT2D eigenvalue weighted by atomic mass is 16.5. The number of carbonyl (C=O) groups is 1. The smallest absolute Gasteiger partial charge is 0.438 e. The highest BCUT2D eigenvalue weighted by Gasteiger charge is 2.35. The molecule has 3 atom stereocenters. The number of H-pyrrole nitrogens is 1. The molecule has 2 heterocycles. The third kappa shape index (κ3) is 5.98. The fourth-order valence-corrected chi connectivity index (χ4v) is 6.57. The van der Waals surface area contributed by atoms with E-state index in [0.29, 0.717) is 48.7 Å². The van der Waals surface area contributed by atoms with Crippen molar-refractivity contribution in [2.75, 3.05) is 6.61 Å². The second kappa shape index (κ2) is 11.0. The predicted molar refractivity (Wildman–Crippen MR) is 130 cm³/mol. The number of nitrogens with one attached hydrogen (secondary N) is 2. The average molecular weight is 486 g/mol. The van der Waals surface area contributed by atoms with Gasteiger partial charge in [0.15, 0.2) is 5.82 Å². The van der Waals surface area contributed by atoms with E-state index in [2.05, 4.69) is 32.0 Å². The third-order valence-corrected chi connectivity index (χ3v) is 8.49. The summed E-state index contributed by atoms with van der Waals surface area (Å²) < 4.78 is 12.6. The summed E-state index contributed by atoms with van der Waals surface area (Å²) in [5, 5.41) is 11.5. The van der Waals surface area contributed by atoms with E-state index >= 15 is 0 Å². The lowest BCUT2D eigenvalue weighted by Gasteiger charge is -2.41. The Labute approximate surface area is 206 Å². The molecule has 5 rings (SSSR count). The van der Waals surface area contributed by atoms with Gasteiger partial charge < -0.3 is 10.1 Å². The molecular formula is C26H39N5O4. The first-order chi connectivity index (χ1) is 17.0. The summed E-state index contributed by atoms with van der Waals surface area (Å²) in [4.78, 5) is 27.2. The standard InChI is InChI=1S/C26H39N5O4/c1-17(21-13-19-8-5-9-20(12-19)14-21)28-24(32)22-15-27-31(11-10-23-29-26(33)35-30-23)25(22)34-16-18-6-3-2-4-7-18/h15,17-21H,2-14,16H2,1H3,(H,28,32)(H,29,30,33). The zero-order chi connectivity index (χ0) is 24.2. The Morgan fingerprint density at radius 2 is 1.94 bits per heavy atom. The second-order valence-electron chi connectivity index (χ2n) is 11.1. The summed E-state index contributed by atoms with van der Waals surface area (Å²) >= 11 is 0. The van der Waals surface area contributed by atoms with Crippen molar-refractivity contribution in [1.29, 1.82) is 0 Å². The first-order valence-corrected chi connectivity index (χ1v) is 13.6. The number of aromatic nitrogens is 4. The quantitative estimate of drug-likeness (QED) is 0.553. The first kappa shape index (κ1) is 24.1. The van der Waals surface area contributed by atoms with Crippen LogP contribution in [0.15, 0.2) is 15.5 Å². The SMILES string of the molecule is CC(NC(=O)c1cnn(CCc2noc(=O)[nH]2)c1OCC1CCCCC1)C1CC2CCCC(C2)C1. The maximum atomic E-state index is 13.4. The van der Waals surface area contributed by atoms with Crippen molar-refractivity contribution >= 4 is 5.91 Å². The van der Waals surface area contributed by atoms with Gasteiger partial charge in [0.1, 0.15) is 5.56 Å². The number of hydrogen-bond donors (Lipinski definition) is 2. The number of nitrogens with zero attached hydrogens (tertiary/aromatic N) is 3. The van der Waals surface area contributed by atoms with Gasteiger partial charge in [-0.2, -0.15) is 5.10 Å². The van der Waals surface area contributed by atoms with Gasteiger partial charge in [0.25, 0.3) is 5.91 Å². The molecule has 2 N–H and O–H groups in total. The molecule has 0 aliphatic heterocycles. The lowest BCUT2D eigenvalue weighted by molar-refractivity contribution is 0.0848. The molecule has 192 valence electrons. The Hall–Kier alpha value is -2.58. The molecule has 0 aromatic carbocycles. The Morgan fingerprint density at radius 3 is 2.66 bits per heavy atom. The van der Waals surface area contributed by atoms with E-state index in [0.717, 1.165) is 24.7 Å². The molecule has 3 unspecified atom stereocenters. The Bertz CT molecular complexity index is 1020. The number of aromatic amines is 1. The van der Waals surface area contributed by atoms with Gasteiger partial charge >= 0.3 is 5.76 Å². The maximum absolute atomic E-state index is 13.4. The second-order valence-corrected chi connectivity index (χ2v) is 11.1. The summed E-state index contributed by atoms with van der Waals surface area (Å²) in [5.41, 5.74) is 0.484. The van der Waals surface area contributed by atoms with Gasteiger partial charge in [-0.15, -0.1) is 0 Å². The van der Waals surface area contributed by atoms with E-state index < -0.39 is 5.76 Å². The number of aryl methyl sites for hydroxylation is 2. The average Bonchev–Trinajstić information content (AvgIpc) is 3.47. The molecule has 9 nitrogen and oxygen atoms in total. The number of fused-ring (bicyclic) bond motifs is 2. The summed E-state index contributed by atoms with van der Waals surface area (Å²) in [6.45, 7) is 3.17. The third-order valence-electron chi connectivity index (χ3n) is 8.49. The monoisotopic (exact) mass is 485 g/mol. The molecule has 35 heavy (non-hydrogen) atoms. The number of hydrogen-bond acceptors (Lipinski definition) is 6. The van der Waals surface area contributed by atoms with Crippen LogP contribution in [0.4, 0.5) is 0 Å². The molecule has 0 saturated heterocycles. The van der Waals surface area contributed by atoms with Crippen molar-refractivity contribution in [3.8, 4) is 5.88 Å². The van der Waals surface area contributed by atoms with E-state index in [-0.39, 0.29) is 11.9 Å². The minimum Gasteiger partial charge on any atom is -0.477 e. The van der Waals surface area contributed by atoms with E-state index in [1.807, 2.05) is 0 Å². The molecule has 2 aromatic heterocycles. The normalized spacial score (nSPS) is 25.8. The van der Waals surface area contributed by atoms with Gasteiger partial charge in [-0.3, -0.25) is 14.3 Å². The van der Waals surface area contributed by atoms with Crippen molar-refractivity contribution in [2.45, 2.75) is 96.6 Å². The van der Waals surface area contributed by atoms with E-state index in [9.17, 15) is 9.59 Å². The molecule has 0 spiro atoms. The molecule has 9 heteroatoms. The van der Waals surface area contributed by atoms with Crippen LogP contribution < -0.4 is 15.8 Å². The van der Waals surface area contributed by atoms with Crippen LogP contribution in [0.1, 0.15) is 93.7 Å². The maximum Gasteiger partial charge on any atom is 0.438 e. The zero-order valence-corrected chi connectivity index (χ0v) is 20.8. The van der Waals surface area contributed by atoms with Gasteiger partial charge in [0.05, 0.1) is 19.3 Å². The van der Waals surface area contributed by atoms with Crippen molar-refractivity contribution < 1.29 is 14.1 Å². The topological polar surface area (TPSA) is 115 Å². The predicted octanol–water partition coefficient (Wildman–Crippen LogP) is 4.10. The fourth-order valence-electron chi connectivity index (χ4n) is 6.57. The van der Waals surface area contributed by atoms with Crippen LogP contribution in [0.2, 0.25) is 0 Å². The Kier molecular flexibility index (Phi) is 7.58. The number of rotatable bonds is 9. The van der Waals surface area contributed by atoms with Crippen molar-refractivity contribution in [2.24, 2.45) is 23.7 Å². The minimum absolute atomic E-state index is 0.118. The molecule has 2 bridgehead atoms. The molecular weight excluding hydrogens is 446 g/mol.